The Morgan fingerprint density at radius 2 is 1.91 bits per heavy atom. The van der Waals surface area contributed by atoms with Crippen LogP contribution in [0.15, 0.2) is 36.4 Å². The topological polar surface area (TPSA) is 70.1 Å². The molecule has 0 radical (unpaired) electrons. The minimum atomic E-state index is -1.05. The number of carbonyl (C=O) groups excluding carboxylic acids is 1. The third-order valence-corrected chi connectivity index (χ3v) is 3.81. The first-order valence-electron chi connectivity index (χ1n) is 7.07. The number of amides is 2. The maximum atomic E-state index is 11.5. The van der Waals surface area contributed by atoms with Gasteiger partial charge in [0.15, 0.2) is 0 Å². The van der Waals surface area contributed by atoms with Gasteiger partial charge < -0.3 is 14.7 Å². The Morgan fingerprint density at radius 3 is 2.43 bits per heavy atom. The van der Waals surface area contributed by atoms with Crippen molar-refractivity contribution in [2.45, 2.75) is 13.0 Å². The van der Waals surface area contributed by atoms with E-state index in [1.165, 1.54) is 22.0 Å². The fraction of sp³-hybridized carbons (Fsp3) is 0.375. The van der Waals surface area contributed by atoms with E-state index in [1.807, 2.05) is 24.3 Å². The van der Waals surface area contributed by atoms with Crippen molar-refractivity contribution in [3.8, 4) is 5.75 Å². The van der Waals surface area contributed by atoms with E-state index in [0.29, 0.717) is 5.75 Å². The highest BCUT2D eigenvalue weighted by molar-refractivity contribution is 14.1. The second kappa shape index (κ2) is 9.39. The van der Waals surface area contributed by atoms with Crippen molar-refractivity contribution < 1.29 is 19.4 Å². The molecule has 7 heteroatoms. The molecule has 126 valence electrons. The highest BCUT2D eigenvalue weighted by Gasteiger charge is 2.18. The summed E-state index contributed by atoms with van der Waals surface area (Å²) >= 11 is 2.20. The Bertz CT molecular complexity index is 558. The zero-order chi connectivity index (χ0) is 17.4. The zero-order valence-electron chi connectivity index (χ0n) is 13.4. The molecule has 0 bridgehead atoms. The van der Waals surface area contributed by atoms with Gasteiger partial charge >= 0.3 is 6.09 Å². The number of hydrogen-bond donors (Lipinski definition) is 1. The first-order chi connectivity index (χ1) is 10.8. The van der Waals surface area contributed by atoms with E-state index in [9.17, 15) is 14.7 Å². The average molecular weight is 432 g/mol. The van der Waals surface area contributed by atoms with Crippen LogP contribution in [0, 0.1) is 3.57 Å². The lowest BCUT2D eigenvalue weighted by Crippen LogP contribution is -2.41. The fourth-order valence-corrected chi connectivity index (χ4v) is 2.06. The summed E-state index contributed by atoms with van der Waals surface area (Å²) in [5.74, 6) is 0.513. The Balaban J connectivity index is 2.57. The van der Waals surface area contributed by atoms with Crippen molar-refractivity contribution in [1.29, 1.82) is 0 Å². The van der Waals surface area contributed by atoms with Gasteiger partial charge in [-0.1, -0.05) is 6.08 Å². The largest absolute Gasteiger partial charge is 0.491 e. The molecule has 1 N–H and O–H groups in total. The molecule has 6 nitrogen and oxygen atoms in total. The summed E-state index contributed by atoms with van der Waals surface area (Å²) in [6.45, 7) is 2.14. The number of hydrogen-bond acceptors (Lipinski definition) is 3. The molecule has 0 aromatic heterocycles. The SMILES string of the molecule is CC(COc1ccc(I)cc1)N(CC=CC(=O)N(C)C)C(=O)O. The Kier molecular flexibility index (Phi) is 7.87. The lowest BCUT2D eigenvalue weighted by atomic mass is 10.3. The van der Waals surface area contributed by atoms with Crippen molar-refractivity contribution >= 4 is 34.6 Å². The molecule has 0 saturated heterocycles. The predicted molar refractivity (Wildman–Crippen MR) is 96.7 cm³/mol. The molecule has 1 aromatic rings. The molecule has 0 fully saturated rings. The van der Waals surface area contributed by atoms with Crippen molar-refractivity contribution in [3.05, 3.63) is 40.0 Å². The van der Waals surface area contributed by atoms with Crippen molar-refractivity contribution in [2.75, 3.05) is 27.2 Å². The smallest absolute Gasteiger partial charge is 0.407 e. The van der Waals surface area contributed by atoms with Crippen LogP contribution in [-0.2, 0) is 4.79 Å². The first kappa shape index (κ1) is 19.3. The van der Waals surface area contributed by atoms with Gasteiger partial charge in [0.1, 0.15) is 12.4 Å². The number of halogens is 1. The number of carbonyl (C=O) groups is 2. The standard InChI is InChI=1S/C16H21IN2O4/c1-12(11-23-14-8-6-13(17)7-9-14)19(16(21)22)10-4-5-15(20)18(2)3/h4-9,12H,10-11H2,1-3H3,(H,21,22). The fourth-order valence-electron chi connectivity index (χ4n) is 1.70. The molecule has 0 aliphatic heterocycles. The highest BCUT2D eigenvalue weighted by atomic mass is 127. The van der Waals surface area contributed by atoms with Crippen LogP contribution in [0.5, 0.6) is 5.75 Å². The molecule has 0 saturated carbocycles. The lowest BCUT2D eigenvalue weighted by molar-refractivity contribution is -0.123. The highest BCUT2D eigenvalue weighted by Crippen LogP contribution is 2.14. The Labute approximate surface area is 149 Å². The van der Waals surface area contributed by atoms with Crippen molar-refractivity contribution in [1.82, 2.24) is 9.80 Å². The van der Waals surface area contributed by atoms with Crippen LogP contribution in [0.3, 0.4) is 0 Å². The minimum absolute atomic E-state index is 0.131. The van der Waals surface area contributed by atoms with Gasteiger partial charge in [0.2, 0.25) is 5.91 Å². The van der Waals surface area contributed by atoms with Crippen LogP contribution >= 0.6 is 22.6 Å². The average Bonchev–Trinajstić information content (AvgIpc) is 2.50. The Hall–Kier alpha value is -1.77. The van der Waals surface area contributed by atoms with E-state index in [0.717, 1.165) is 3.57 Å². The maximum Gasteiger partial charge on any atom is 0.407 e. The summed E-state index contributed by atoms with van der Waals surface area (Å²) in [6, 6.07) is 7.19. The second-order valence-electron chi connectivity index (χ2n) is 5.18. The summed E-state index contributed by atoms with van der Waals surface area (Å²) < 4.78 is 6.71. The number of carboxylic acid groups (broad SMARTS) is 1. The van der Waals surface area contributed by atoms with E-state index in [2.05, 4.69) is 22.6 Å². The normalized spacial score (nSPS) is 12.0. The summed E-state index contributed by atoms with van der Waals surface area (Å²) in [7, 11) is 3.28. The molecule has 1 unspecified atom stereocenters. The monoisotopic (exact) mass is 432 g/mol. The number of likely N-dealkylation sites (N-methyl/N-ethyl adjacent to an activating group) is 1. The van der Waals surface area contributed by atoms with E-state index in [4.69, 9.17) is 4.74 Å². The molecule has 0 aliphatic carbocycles. The van der Waals surface area contributed by atoms with Crippen molar-refractivity contribution in [3.63, 3.8) is 0 Å². The molecule has 0 heterocycles. The van der Waals surface area contributed by atoms with Gasteiger partial charge in [-0.3, -0.25) is 9.69 Å². The number of benzene rings is 1. The van der Waals surface area contributed by atoms with Crippen LogP contribution in [0.1, 0.15) is 6.92 Å². The van der Waals surface area contributed by atoms with E-state index in [-0.39, 0.29) is 25.1 Å². The molecule has 1 aromatic carbocycles. The summed E-state index contributed by atoms with van der Waals surface area (Å²) in [5, 5.41) is 9.29. The van der Waals surface area contributed by atoms with Crippen molar-refractivity contribution in [2.24, 2.45) is 0 Å². The van der Waals surface area contributed by atoms with Crippen LogP contribution in [-0.4, -0.2) is 60.2 Å². The second-order valence-corrected chi connectivity index (χ2v) is 6.43. The predicted octanol–water partition coefficient (Wildman–Crippen LogP) is 2.68. The molecule has 0 spiro atoms. The number of ether oxygens (including phenoxy) is 1. The molecule has 1 atom stereocenters. The zero-order valence-corrected chi connectivity index (χ0v) is 15.6. The third-order valence-electron chi connectivity index (χ3n) is 3.09. The number of nitrogens with zero attached hydrogens (tertiary/aromatic N) is 2. The van der Waals surface area contributed by atoms with Gasteiger partial charge in [-0.05, 0) is 53.8 Å². The van der Waals surface area contributed by atoms with E-state index < -0.39 is 6.09 Å². The van der Waals surface area contributed by atoms with Gasteiger partial charge in [-0.25, -0.2) is 4.79 Å². The number of rotatable bonds is 7. The van der Waals surface area contributed by atoms with Gasteiger partial charge in [-0.2, -0.15) is 0 Å². The lowest BCUT2D eigenvalue weighted by Gasteiger charge is -2.25. The molecule has 2 amide bonds. The van der Waals surface area contributed by atoms with E-state index in [1.54, 1.807) is 21.0 Å². The van der Waals surface area contributed by atoms with Gasteiger partial charge in [-0.15, -0.1) is 0 Å². The maximum absolute atomic E-state index is 11.5. The molecule has 1 rings (SSSR count). The van der Waals surface area contributed by atoms with Crippen LogP contribution in [0.2, 0.25) is 0 Å². The summed E-state index contributed by atoms with van der Waals surface area (Å²) in [5.41, 5.74) is 0. The quantitative estimate of drug-likeness (QED) is 0.532. The molecular weight excluding hydrogens is 411 g/mol. The van der Waals surface area contributed by atoms with Gasteiger partial charge in [0.25, 0.3) is 0 Å². The van der Waals surface area contributed by atoms with Crippen LogP contribution in [0.4, 0.5) is 4.79 Å². The molecule has 0 aliphatic rings. The van der Waals surface area contributed by atoms with Crippen LogP contribution < -0.4 is 4.74 Å². The molecule has 23 heavy (non-hydrogen) atoms. The summed E-state index contributed by atoms with van der Waals surface area (Å²) in [6.07, 6.45) is 1.85. The summed E-state index contributed by atoms with van der Waals surface area (Å²) in [4.78, 5) is 25.4. The van der Waals surface area contributed by atoms with Crippen LogP contribution in [0.25, 0.3) is 0 Å². The third kappa shape index (κ3) is 6.89. The minimum Gasteiger partial charge on any atom is -0.491 e. The molecular formula is C16H21IN2O4. The van der Waals surface area contributed by atoms with E-state index >= 15 is 0 Å². The van der Waals surface area contributed by atoms with Gasteiger partial charge in [0.05, 0.1) is 6.04 Å². The van der Waals surface area contributed by atoms with Gasteiger partial charge in [0, 0.05) is 30.3 Å². The Morgan fingerprint density at radius 1 is 1.30 bits per heavy atom. The first-order valence-corrected chi connectivity index (χ1v) is 8.15.